The summed E-state index contributed by atoms with van der Waals surface area (Å²) in [4.78, 5) is 53.2. The molecule has 5 rings (SSSR count). The van der Waals surface area contributed by atoms with Gasteiger partial charge in [-0.05, 0) is 41.7 Å². The molecule has 0 spiro atoms. The van der Waals surface area contributed by atoms with E-state index in [1.165, 1.54) is 11.1 Å². The van der Waals surface area contributed by atoms with Gasteiger partial charge in [0.15, 0.2) is 0 Å². The Morgan fingerprint density at radius 2 is 1.81 bits per heavy atom. The number of piperidine rings is 1. The van der Waals surface area contributed by atoms with E-state index < -0.39 is 23.8 Å². The van der Waals surface area contributed by atoms with Gasteiger partial charge in [-0.1, -0.05) is 24.3 Å². The molecule has 0 aliphatic carbocycles. The van der Waals surface area contributed by atoms with Crippen molar-refractivity contribution in [2.75, 3.05) is 12.3 Å². The third kappa shape index (κ3) is 3.19. The van der Waals surface area contributed by atoms with Gasteiger partial charge in [-0.2, -0.15) is 0 Å². The van der Waals surface area contributed by atoms with Gasteiger partial charge in [0.1, 0.15) is 6.04 Å². The van der Waals surface area contributed by atoms with Gasteiger partial charge in [0.05, 0.1) is 11.1 Å². The lowest BCUT2D eigenvalue weighted by Crippen LogP contribution is -2.54. The second-order valence-electron chi connectivity index (χ2n) is 8.23. The molecule has 0 bridgehead atoms. The number of nitrogens with one attached hydrogen (secondary N) is 1. The molecule has 3 aliphatic heterocycles. The van der Waals surface area contributed by atoms with Gasteiger partial charge in [0.2, 0.25) is 11.8 Å². The summed E-state index contributed by atoms with van der Waals surface area (Å²) in [5.74, 6) is -1.93. The van der Waals surface area contributed by atoms with Crippen molar-refractivity contribution in [2.45, 2.75) is 38.4 Å². The summed E-state index contributed by atoms with van der Waals surface area (Å²) in [7, 11) is 0. The Kier molecular flexibility index (Phi) is 4.59. The first kappa shape index (κ1) is 19.4. The highest BCUT2D eigenvalue weighted by atomic mass is 16.2. The number of amides is 4. The van der Waals surface area contributed by atoms with Gasteiger partial charge in [0, 0.05) is 31.7 Å². The standard InChI is InChI=1S/C23H22N4O4/c24-17-6-2-3-13-11-26(10-9-15(13)17)12-14-4-1-5-16-20(14)23(31)27(22(16)30)18-7-8-19(28)25-21(18)29/h1-6,18H,7-12,24H2,(H,25,28,29). The maximum atomic E-state index is 13.2. The van der Waals surface area contributed by atoms with Crippen molar-refractivity contribution in [1.29, 1.82) is 0 Å². The monoisotopic (exact) mass is 418 g/mol. The quantitative estimate of drug-likeness (QED) is 0.573. The summed E-state index contributed by atoms with van der Waals surface area (Å²) in [6, 6.07) is 10.2. The molecule has 0 saturated carbocycles. The number of benzene rings is 2. The summed E-state index contributed by atoms with van der Waals surface area (Å²) < 4.78 is 0. The zero-order chi connectivity index (χ0) is 21.7. The first-order valence-electron chi connectivity index (χ1n) is 10.4. The molecule has 4 amide bonds. The Labute approximate surface area is 179 Å². The van der Waals surface area contributed by atoms with Crippen molar-refractivity contribution in [3.63, 3.8) is 0 Å². The highest BCUT2D eigenvalue weighted by Gasteiger charge is 2.45. The predicted octanol–water partition coefficient (Wildman–Crippen LogP) is 1.23. The third-order valence-electron chi connectivity index (χ3n) is 6.33. The number of carbonyl (C=O) groups is 4. The van der Waals surface area contributed by atoms with Gasteiger partial charge in [-0.25, -0.2) is 0 Å². The fourth-order valence-electron chi connectivity index (χ4n) is 4.79. The molecule has 3 aliphatic rings. The minimum Gasteiger partial charge on any atom is -0.398 e. The Balaban J connectivity index is 1.41. The molecule has 1 unspecified atom stereocenters. The molecule has 158 valence electrons. The molecule has 3 N–H and O–H groups in total. The van der Waals surface area contributed by atoms with Crippen LogP contribution in [0.5, 0.6) is 0 Å². The molecule has 31 heavy (non-hydrogen) atoms. The number of rotatable bonds is 3. The predicted molar refractivity (Wildman–Crippen MR) is 112 cm³/mol. The fourth-order valence-corrected chi connectivity index (χ4v) is 4.79. The maximum Gasteiger partial charge on any atom is 0.262 e. The summed E-state index contributed by atoms with van der Waals surface area (Å²) in [5, 5.41) is 2.23. The van der Waals surface area contributed by atoms with Crippen LogP contribution in [0.3, 0.4) is 0 Å². The molecule has 8 nitrogen and oxygen atoms in total. The van der Waals surface area contributed by atoms with Crippen molar-refractivity contribution in [3.05, 3.63) is 64.2 Å². The van der Waals surface area contributed by atoms with E-state index in [4.69, 9.17) is 5.73 Å². The van der Waals surface area contributed by atoms with Crippen LogP contribution in [0.15, 0.2) is 36.4 Å². The van der Waals surface area contributed by atoms with Crippen LogP contribution in [0.4, 0.5) is 5.69 Å². The number of nitrogen functional groups attached to an aromatic ring is 1. The number of hydrogen-bond donors (Lipinski definition) is 2. The smallest absolute Gasteiger partial charge is 0.262 e. The molecule has 2 aromatic rings. The Morgan fingerprint density at radius 1 is 1.00 bits per heavy atom. The second kappa shape index (κ2) is 7.31. The normalized spacial score (nSPS) is 21.2. The number of nitrogens with zero attached hydrogens (tertiary/aromatic N) is 2. The molecular weight excluding hydrogens is 396 g/mol. The van der Waals surface area contributed by atoms with E-state index in [0.717, 1.165) is 29.1 Å². The number of hydrogen-bond acceptors (Lipinski definition) is 6. The first-order chi connectivity index (χ1) is 14.9. The van der Waals surface area contributed by atoms with Crippen molar-refractivity contribution < 1.29 is 19.2 Å². The Hall–Kier alpha value is -3.52. The molecule has 2 aromatic carbocycles. The molecule has 0 radical (unpaired) electrons. The number of nitrogens with two attached hydrogens (primary N) is 1. The Bertz CT molecular complexity index is 1140. The fraction of sp³-hybridized carbons (Fsp3) is 0.304. The average molecular weight is 418 g/mol. The van der Waals surface area contributed by atoms with Crippen LogP contribution >= 0.6 is 0 Å². The zero-order valence-corrected chi connectivity index (χ0v) is 16.9. The van der Waals surface area contributed by atoms with Crippen LogP contribution in [0.25, 0.3) is 0 Å². The molecular formula is C23H22N4O4. The van der Waals surface area contributed by atoms with Gasteiger partial charge in [-0.15, -0.1) is 0 Å². The summed E-state index contributed by atoms with van der Waals surface area (Å²) in [6.45, 7) is 2.02. The zero-order valence-electron chi connectivity index (χ0n) is 16.9. The topological polar surface area (TPSA) is 113 Å². The average Bonchev–Trinajstić information content (AvgIpc) is 3.00. The van der Waals surface area contributed by atoms with Gasteiger partial charge in [-0.3, -0.25) is 34.3 Å². The molecule has 1 atom stereocenters. The number of carbonyl (C=O) groups excluding carboxylic acids is 4. The molecule has 8 heteroatoms. The SMILES string of the molecule is Nc1cccc2c1CCN(Cc1cccc3c1C(=O)N(C1CCC(=O)NC1=O)C3=O)C2. The molecule has 1 fully saturated rings. The van der Waals surface area contributed by atoms with Crippen LogP contribution in [0.1, 0.15) is 50.2 Å². The van der Waals surface area contributed by atoms with Crippen LogP contribution in [0, 0.1) is 0 Å². The summed E-state index contributed by atoms with van der Waals surface area (Å²) in [5.41, 5.74) is 10.7. The van der Waals surface area contributed by atoms with Crippen molar-refractivity contribution in [3.8, 4) is 0 Å². The minimum atomic E-state index is -0.956. The Morgan fingerprint density at radius 3 is 2.61 bits per heavy atom. The van der Waals surface area contributed by atoms with Crippen LogP contribution in [-0.4, -0.2) is 46.0 Å². The lowest BCUT2D eigenvalue weighted by atomic mass is 9.96. The van der Waals surface area contributed by atoms with Gasteiger partial charge >= 0.3 is 0 Å². The first-order valence-corrected chi connectivity index (χ1v) is 10.4. The van der Waals surface area contributed by atoms with Crippen LogP contribution < -0.4 is 11.1 Å². The van der Waals surface area contributed by atoms with E-state index in [2.05, 4.69) is 16.3 Å². The van der Waals surface area contributed by atoms with Crippen LogP contribution in [0.2, 0.25) is 0 Å². The molecule has 1 saturated heterocycles. The van der Waals surface area contributed by atoms with Crippen molar-refractivity contribution in [2.24, 2.45) is 0 Å². The lowest BCUT2D eigenvalue weighted by molar-refractivity contribution is -0.136. The number of fused-ring (bicyclic) bond motifs is 2. The van der Waals surface area contributed by atoms with E-state index in [1.807, 2.05) is 18.2 Å². The van der Waals surface area contributed by atoms with Gasteiger partial charge in [0.25, 0.3) is 11.8 Å². The number of imide groups is 2. The summed E-state index contributed by atoms with van der Waals surface area (Å²) in [6.07, 6.45) is 1.08. The van der Waals surface area contributed by atoms with E-state index in [-0.39, 0.29) is 18.7 Å². The second-order valence-corrected chi connectivity index (χ2v) is 8.23. The van der Waals surface area contributed by atoms with Gasteiger partial charge < -0.3 is 5.73 Å². The van der Waals surface area contributed by atoms with E-state index in [1.54, 1.807) is 12.1 Å². The highest BCUT2D eigenvalue weighted by molar-refractivity contribution is 6.24. The minimum absolute atomic E-state index is 0.104. The molecule has 0 aromatic heterocycles. The number of anilines is 1. The van der Waals surface area contributed by atoms with Crippen LogP contribution in [-0.2, 0) is 29.1 Å². The largest absolute Gasteiger partial charge is 0.398 e. The van der Waals surface area contributed by atoms with E-state index in [0.29, 0.717) is 24.2 Å². The third-order valence-corrected chi connectivity index (χ3v) is 6.33. The highest BCUT2D eigenvalue weighted by Crippen LogP contribution is 2.32. The molecule has 3 heterocycles. The van der Waals surface area contributed by atoms with Crippen molar-refractivity contribution >= 4 is 29.3 Å². The van der Waals surface area contributed by atoms with Crippen molar-refractivity contribution in [1.82, 2.24) is 15.1 Å². The summed E-state index contributed by atoms with van der Waals surface area (Å²) >= 11 is 0. The van der Waals surface area contributed by atoms with E-state index in [9.17, 15) is 19.2 Å². The van der Waals surface area contributed by atoms with E-state index >= 15 is 0 Å². The maximum absolute atomic E-state index is 13.2. The lowest BCUT2D eigenvalue weighted by Gasteiger charge is -2.30.